The Morgan fingerprint density at radius 3 is 2.31 bits per heavy atom. The van der Waals surface area contributed by atoms with Gasteiger partial charge in [-0.2, -0.15) is 0 Å². The molecule has 4 rings (SSSR count). The molecule has 6 heteroatoms. The first-order chi connectivity index (χ1) is 15.7. The zero-order valence-corrected chi connectivity index (χ0v) is 18.1. The predicted octanol–water partition coefficient (Wildman–Crippen LogP) is 3.55. The second kappa shape index (κ2) is 10.7. The van der Waals surface area contributed by atoms with Crippen molar-refractivity contribution in [3.63, 3.8) is 0 Å². The van der Waals surface area contributed by atoms with Gasteiger partial charge in [0.2, 0.25) is 11.8 Å². The van der Waals surface area contributed by atoms with Crippen LogP contribution in [0.5, 0.6) is 0 Å². The van der Waals surface area contributed by atoms with E-state index < -0.39 is 0 Å². The Kier molecular flexibility index (Phi) is 7.23. The first kappa shape index (κ1) is 21.7. The van der Waals surface area contributed by atoms with E-state index in [-0.39, 0.29) is 23.8 Å². The van der Waals surface area contributed by atoms with Crippen LogP contribution in [0.1, 0.15) is 42.1 Å². The Morgan fingerprint density at radius 1 is 0.969 bits per heavy atom. The summed E-state index contributed by atoms with van der Waals surface area (Å²) in [5.41, 5.74) is 2.85. The van der Waals surface area contributed by atoms with E-state index in [1.165, 1.54) is 5.56 Å². The summed E-state index contributed by atoms with van der Waals surface area (Å²) >= 11 is 0. The topological polar surface area (TPSA) is 75.2 Å². The Labute approximate surface area is 188 Å². The van der Waals surface area contributed by atoms with Crippen LogP contribution in [0.15, 0.2) is 79.3 Å². The van der Waals surface area contributed by atoms with Crippen molar-refractivity contribution < 1.29 is 9.59 Å². The van der Waals surface area contributed by atoms with Crippen LogP contribution >= 0.6 is 0 Å². The van der Waals surface area contributed by atoms with E-state index in [1.807, 2.05) is 65.6 Å². The number of aromatic nitrogens is 2. The van der Waals surface area contributed by atoms with E-state index in [9.17, 15) is 9.59 Å². The molecule has 0 aliphatic carbocycles. The first-order valence-corrected chi connectivity index (χ1v) is 11.1. The predicted molar refractivity (Wildman–Crippen MR) is 123 cm³/mol. The number of nitrogens with one attached hydrogen (secondary N) is 1. The van der Waals surface area contributed by atoms with Gasteiger partial charge in [0.25, 0.3) is 0 Å². The van der Waals surface area contributed by atoms with Crippen molar-refractivity contribution in [1.82, 2.24) is 20.2 Å². The summed E-state index contributed by atoms with van der Waals surface area (Å²) < 4.78 is 0. The van der Waals surface area contributed by atoms with E-state index in [2.05, 4.69) is 15.3 Å². The highest BCUT2D eigenvalue weighted by Gasteiger charge is 2.29. The third-order valence-electron chi connectivity index (χ3n) is 5.99. The lowest BCUT2D eigenvalue weighted by atomic mass is 9.94. The Bertz CT molecular complexity index is 964. The van der Waals surface area contributed by atoms with Crippen LogP contribution in [0, 0.1) is 5.92 Å². The van der Waals surface area contributed by atoms with E-state index in [4.69, 9.17) is 0 Å². The number of benzene rings is 2. The number of aryl methyl sites for hydroxylation is 1. The van der Waals surface area contributed by atoms with Crippen LogP contribution in [0.4, 0.5) is 0 Å². The molecule has 2 aromatic carbocycles. The summed E-state index contributed by atoms with van der Waals surface area (Å²) in [6.45, 7) is 1.24. The molecule has 0 radical (unpaired) electrons. The van der Waals surface area contributed by atoms with Crippen LogP contribution in [0.25, 0.3) is 0 Å². The van der Waals surface area contributed by atoms with Crippen LogP contribution in [-0.2, 0) is 16.0 Å². The standard InChI is InChI=1S/C26H28N4O2/c31-24(12-11-20-7-3-1-4-8-20)30-17-13-22(14-18-30)26(32)29-25(21-9-5-2-6-10-21)23-19-27-15-16-28-23/h1-10,15-16,19,22,25H,11-14,17-18H2,(H,29,32). The van der Waals surface area contributed by atoms with Gasteiger partial charge in [0.15, 0.2) is 0 Å². The van der Waals surface area contributed by atoms with Gasteiger partial charge in [-0.1, -0.05) is 60.7 Å². The monoisotopic (exact) mass is 428 g/mol. The average molecular weight is 429 g/mol. The summed E-state index contributed by atoms with van der Waals surface area (Å²) in [6, 6.07) is 19.5. The van der Waals surface area contributed by atoms with E-state index in [0.29, 0.717) is 38.0 Å². The van der Waals surface area contributed by atoms with Crippen molar-refractivity contribution in [2.24, 2.45) is 5.92 Å². The van der Waals surface area contributed by atoms with Crippen LogP contribution < -0.4 is 5.32 Å². The molecule has 32 heavy (non-hydrogen) atoms. The highest BCUT2D eigenvalue weighted by atomic mass is 16.2. The van der Waals surface area contributed by atoms with Gasteiger partial charge < -0.3 is 10.2 Å². The van der Waals surface area contributed by atoms with Crippen molar-refractivity contribution in [1.29, 1.82) is 0 Å². The van der Waals surface area contributed by atoms with Crippen LogP contribution in [-0.4, -0.2) is 39.8 Å². The number of amides is 2. The number of hydrogen-bond acceptors (Lipinski definition) is 4. The minimum Gasteiger partial charge on any atom is -0.343 e. The van der Waals surface area contributed by atoms with Gasteiger partial charge in [0, 0.05) is 37.8 Å². The molecule has 3 aromatic rings. The average Bonchev–Trinajstić information content (AvgIpc) is 2.87. The number of nitrogens with zero attached hydrogens (tertiary/aromatic N) is 3. The number of carbonyl (C=O) groups is 2. The molecule has 0 saturated carbocycles. The van der Waals surface area contributed by atoms with E-state index in [0.717, 1.165) is 12.0 Å². The largest absolute Gasteiger partial charge is 0.343 e. The fourth-order valence-electron chi connectivity index (χ4n) is 4.14. The Morgan fingerprint density at radius 2 is 1.66 bits per heavy atom. The molecule has 2 amide bonds. The third kappa shape index (κ3) is 5.58. The van der Waals surface area contributed by atoms with E-state index >= 15 is 0 Å². The summed E-state index contributed by atoms with van der Waals surface area (Å²) in [7, 11) is 0. The lowest BCUT2D eigenvalue weighted by Gasteiger charge is -2.32. The van der Waals surface area contributed by atoms with Gasteiger partial charge in [-0.05, 0) is 30.4 Å². The highest BCUT2D eigenvalue weighted by molar-refractivity contribution is 5.81. The maximum absolute atomic E-state index is 13.1. The van der Waals surface area contributed by atoms with Crippen molar-refractivity contribution in [2.45, 2.75) is 31.7 Å². The fourth-order valence-corrected chi connectivity index (χ4v) is 4.14. The number of hydrogen-bond donors (Lipinski definition) is 1. The minimum absolute atomic E-state index is 0.000825. The molecule has 1 atom stereocenters. The zero-order valence-electron chi connectivity index (χ0n) is 18.1. The maximum atomic E-state index is 13.1. The molecule has 1 unspecified atom stereocenters. The van der Waals surface area contributed by atoms with Crippen molar-refractivity contribution in [3.05, 3.63) is 96.1 Å². The van der Waals surface area contributed by atoms with Crippen molar-refractivity contribution in [3.8, 4) is 0 Å². The van der Waals surface area contributed by atoms with Gasteiger partial charge in [-0.25, -0.2) is 0 Å². The van der Waals surface area contributed by atoms with Gasteiger partial charge in [-0.3, -0.25) is 19.6 Å². The second-order valence-corrected chi connectivity index (χ2v) is 8.12. The van der Waals surface area contributed by atoms with Gasteiger partial charge in [0.1, 0.15) is 0 Å². The van der Waals surface area contributed by atoms with Crippen molar-refractivity contribution in [2.75, 3.05) is 13.1 Å². The number of rotatable bonds is 7. The Hall–Kier alpha value is -3.54. The van der Waals surface area contributed by atoms with Crippen LogP contribution in [0.2, 0.25) is 0 Å². The van der Waals surface area contributed by atoms with Gasteiger partial charge >= 0.3 is 0 Å². The number of carbonyl (C=O) groups excluding carboxylic acids is 2. The lowest BCUT2D eigenvalue weighted by molar-refractivity contribution is -0.135. The summed E-state index contributed by atoms with van der Waals surface area (Å²) in [5.74, 6) is 0.0476. The molecule has 164 valence electrons. The van der Waals surface area contributed by atoms with Gasteiger partial charge in [-0.15, -0.1) is 0 Å². The second-order valence-electron chi connectivity index (χ2n) is 8.12. The SMILES string of the molecule is O=C(NC(c1ccccc1)c1cnccn1)C1CCN(C(=O)CCc2ccccc2)CC1. The maximum Gasteiger partial charge on any atom is 0.224 e. The summed E-state index contributed by atoms with van der Waals surface area (Å²) in [5, 5.41) is 3.17. The lowest BCUT2D eigenvalue weighted by Crippen LogP contribution is -2.44. The Balaban J connectivity index is 1.32. The minimum atomic E-state index is -0.345. The molecule has 1 fully saturated rings. The van der Waals surface area contributed by atoms with Crippen molar-refractivity contribution >= 4 is 11.8 Å². The summed E-state index contributed by atoms with van der Waals surface area (Å²) in [4.78, 5) is 36.1. The normalized spacial score (nSPS) is 15.2. The molecular weight excluding hydrogens is 400 g/mol. The molecule has 1 N–H and O–H groups in total. The molecular formula is C26H28N4O2. The third-order valence-corrected chi connectivity index (χ3v) is 5.99. The smallest absolute Gasteiger partial charge is 0.224 e. The number of likely N-dealkylation sites (tertiary alicyclic amines) is 1. The molecule has 6 nitrogen and oxygen atoms in total. The van der Waals surface area contributed by atoms with Crippen LogP contribution in [0.3, 0.4) is 0 Å². The first-order valence-electron chi connectivity index (χ1n) is 11.1. The van der Waals surface area contributed by atoms with E-state index in [1.54, 1.807) is 18.6 Å². The number of piperidine rings is 1. The molecule has 1 aliphatic rings. The molecule has 1 saturated heterocycles. The summed E-state index contributed by atoms with van der Waals surface area (Å²) in [6.07, 6.45) is 7.54. The molecule has 1 aromatic heterocycles. The molecule has 2 heterocycles. The molecule has 0 spiro atoms. The molecule has 0 bridgehead atoms. The molecule has 1 aliphatic heterocycles. The zero-order chi connectivity index (χ0) is 22.2. The fraction of sp³-hybridized carbons (Fsp3) is 0.308. The van der Waals surface area contributed by atoms with Gasteiger partial charge in [0.05, 0.1) is 17.9 Å². The quantitative estimate of drug-likeness (QED) is 0.624. The highest BCUT2D eigenvalue weighted by Crippen LogP contribution is 2.23.